The first kappa shape index (κ1) is 15.2. The molecule has 0 bridgehead atoms. The average Bonchev–Trinajstić information content (AvgIpc) is 2.39. The number of aliphatic carboxylic acids is 1. The topological polar surface area (TPSA) is 75.6 Å². The average molecular weight is 265 g/mol. The molecule has 0 aliphatic heterocycles. The van der Waals surface area contributed by atoms with Crippen molar-refractivity contribution in [3.63, 3.8) is 0 Å². The number of nitrogens with one attached hydrogen (secondary N) is 1. The third kappa shape index (κ3) is 5.09. The summed E-state index contributed by atoms with van der Waals surface area (Å²) >= 11 is 0. The number of hydrogen-bond donors (Lipinski definition) is 2. The molecule has 0 saturated carbocycles. The SMILES string of the molecule is COCC(C)C(=O)N[C@@H](Cc1ccccc1)C(=O)O. The highest BCUT2D eigenvalue weighted by atomic mass is 16.5. The van der Waals surface area contributed by atoms with Gasteiger partial charge in [0, 0.05) is 13.5 Å². The monoisotopic (exact) mass is 265 g/mol. The van der Waals surface area contributed by atoms with E-state index < -0.39 is 12.0 Å². The van der Waals surface area contributed by atoms with Crippen LogP contribution in [0.5, 0.6) is 0 Å². The van der Waals surface area contributed by atoms with Crippen molar-refractivity contribution in [2.24, 2.45) is 5.92 Å². The second-order valence-electron chi connectivity index (χ2n) is 4.45. The second-order valence-corrected chi connectivity index (χ2v) is 4.45. The van der Waals surface area contributed by atoms with Crippen molar-refractivity contribution < 1.29 is 19.4 Å². The van der Waals surface area contributed by atoms with Gasteiger partial charge in [0.1, 0.15) is 6.04 Å². The number of carbonyl (C=O) groups excluding carboxylic acids is 1. The van der Waals surface area contributed by atoms with Gasteiger partial charge in [0.05, 0.1) is 12.5 Å². The van der Waals surface area contributed by atoms with Crippen molar-refractivity contribution in [3.8, 4) is 0 Å². The van der Waals surface area contributed by atoms with E-state index in [0.717, 1.165) is 5.56 Å². The fourth-order valence-corrected chi connectivity index (χ4v) is 1.69. The highest BCUT2D eigenvalue weighted by Gasteiger charge is 2.23. The molecule has 5 heteroatoms. The maximum Gasteiger partial charge on any atom is 0.326 e. The molecule has 104 valence electrons. The third-order valence-electron chi connectivity index (χ3n) is 2.76. The predicted octanol–water partition coefficient (Wildman–Crippen LogP) is 1.08. The van der Waals surface area contributed by atoms with Gasteiger partial charge in [-0.2, -0.15) is 0 Å². The van der Waals surface area contributed by atoms with Crippen LogP contribution in [-0.2, 0) is 20.7 Å². The predicted molar refractivity (Wildman–Crippen MR) is 70.8 cm³/mol. The Kier molecular flexibility index (Phi) is 6.02. The smallest absolute Gasteiger partial charge is 0.326 e. The number of rotatable bonds is 7. The second kappa shape index (κ2) is 7.53. The molecule has 0 aliphatic carbocycles. The van der Waals surface area contributed by atoms with Gasteiger partial charge in [-0.1, -0.05) is 37.3 Å². The van der Waals surface area contributed by atoms with Crippen molar-refractivity contribution in [1.82, 2.24) is 5.32 Å². The molecule has 5 nitrogen and oxygen atoms in total. The quantitative estimate of drug-likeness (QED) is 0.773. The van der Waals surface area contributed by atoms with Crippen molar-refractivity contribution in [2.75, 3.05) is 13.7 Å². The van der Waals surface area contributed by atoms with Gasteiger partial charge in [0.25, 0.3) is 0 Å². The molecule has 0 radical (unpaired) electrons. The lowest BCUT2D eigenvalue weighted by Crippen LogP contribution is -2.45. The highest BCUT2D eigenvalue weighted by molar-refractivity contribution is 5.85. The molecular weight excluding hydrogens is 246 g/mol. The van der Waals surface area contributed by atoms with Gasteiger partial charge >= 0.3 is 5.97 Å². The van der Waals surface area contributed by atoms with E-state index in [4.69, 9.17) is 9.84 Å². The summed E-state index contributed by atoms with van der Waals surface area (Å²) < 4.78 is 4.88. The van der Waals surface area contributed by atoms with E-state index in [1.807, 2.05) is 30.3 Å². The van der Waals surface area contributed by atoms with Gasteiger partial charge < -0.3 is 15.2 Å². The Labute approximate surface area is 112 Å². The van der Waals surface area contributed by atoms with Crippen LogP contribution in [0, 0.1) is 5.92 Å². The zero-order valence-corrected chi connectivity index (χ0v) is 11.1. The van der Waals surface area contributed by atoms with Crippen LogP contribution in [0.25, 0.3) is 0 Å². The maximum absolute atomic E-state index is 11.8. The molecule has 1 rings (SSSR count). The lowest BCUT2D eigenvalue weighted by atomic mass is 10.0. The number of hydrogen-bond acceptors (Lipinski definition) is 3. The third-order valence-corrected chi connectivity index (χ3v) is 2.76. The minimum absolute atomic E-state index is 0.265. The number of benzene rings is 1. The van der Waals surface area contributed by atoms with Gasteiger partial charge in [0.15, 0.2) is 0 Å². The number of ether oxygens (including phenoxy) is 1. The Balaban J connectivity index is 2.64. The van der Waals surface area contributed by atoms with E-state index in [2.05, 4.69) is 5.32 Å². The van der Waals surface area contributed by atoms with Crippen molar-refractivity contribution in [2.45, 2.75) is 19.4 Å². The number of amides is 1. The summed E-state index contributed by atoms with van der Waals surface area (Å²) in [7, 11) is 1.50. The Bertz CT molecular complexity index is 419. The molecule has 19 heavy (non-hydrogen) atoms. The van der Waals surface area contributed by atoms with E-state index in [1.54, 1.807) is 6.92 Å². The molecule has 2 atom stereocenters. The van der Waals surface area contributed by atoms with E-state index >= 15 is 0 Å². The number of carboxylic acid groups (broad SMARTS) is 1. The summed E-state index contributed by atoms with van der Waals surface area (Å²) in [6, 6.07) is 8.28. The van der Waals surface area contributed by atoms with Gasteiger partial charge in [-0.05, 0) is 5.56 Å². The van der Waals surface area contributed by atoms with Gasteiger partial charge in [-0.15, -0.1) is 0 Å². The lowest BCUT2D eigenvalue weighted by molar-refractivity contribution is -0.142. The fourth-order valence-electron chi connectivity index (χ4n) is 1.69. The Morgan fingerprint density at radius 2 is 1.95 bits per heavy atom. The van der Waals surface area contributed by atoms with Crippen LogP contribution in [0.2, 0.25) is 0 Å². The molecule has 0 saturated heterocycles. The molecular formula is C14H19NO4. The van der Waals surface area contributed by atoms with Crippen LogP contribution in [0.1, 0.15) is 12.5 Å². The zero-order valence-electron chi connectivity index (χ0n) is 11.1. The summed E-state index contributed by atoms with van der Waals surface area (Å²) in [6.07, 6.45) is 0.265. The first-order valence-corrected chi connectivity index (χ1v) is 6.10. The Morgan fingerprint density at radius 3 is 2.47 bits per heavy atom. The van der Waals surface area contributed by atoms with E-state index in [1.165, 1.54) is 7.11 Å². The molecule has 0 spiro atoms. The fraction of sp³-hybridized carbons (Fsp3) is 0.429. The molecule has 1 amide bonds. The summed E-state index contributed by atoms with van der Waals surface area (Å²) in [6.45, 7) is 1.96. The first-order chi connectivity index (χ1) is 9.04. The maximum atomic E-state index is 11.8. The first-order valence-electron chi connectivity index (χ1n) is 6.10. The summed E-state index contributed by atoms with van der Waals surface area (Å²) in [5.74, 6) is -1.73. The molecule has 0 aromatic heterocycles. The molecule has 2 N–H and O–H groups in total. The lowest BCUT2D eigenvalue weighted by Gasteiger charge is -2.17. The number of carboxylic acids is 1. The standard InChI is InChI=1S/C14H19NO4/c1-10(9-19-2)13(16)15-12(14(17)18)8-11-6-4-3-5-7-11/h3-7,10,12H,8-9H2,1-2H3,(H,15,16)(H,17,18)/t10?,12-/m0/s1. The minimum atomic E-state index is -1.04. The Hall–Kier alpha value is -1.88. The molecule has 1 aromatic rings. The molecule has 0 heterocycles. The summed E-state index contributed by atoms with van der Waals surface area (Å²) in [5, 5.41) is 11.7. The van der Waals surface area contributed by atoms with Crippen molar-refractivity contribution in [3.05, 3.63) is 35.9 Å². The van der Waals surface area contributed by atoms with Crippen LogP contribution >= 0.6 is 0 Å². The zero-order chi connectivity index (χ0) is 14.3. The van der Waals surface area contributed by atoms with E-state index in [0.29, 0.717) is 0 Å². The Morgan fingerprint density at radius 1 is 1.32 bits per heavy atom. The molecule has 1 aromatic carbocycles. The largest absolute Gasteiger partial charge is 0.480 e. The van der Waals surface area contributed by atoms with Gasteiger partial charge in [-0.3, -0.25) is 4.79 Å². The highest BCUT2D eigenvalue weighted by Crippen LogP contribution is 2.05. The van der Waals surface area contributed by atoms with Crippen LogP contribution < -0.4 is 5.32 Å². The number of carbonyl (C=O) groups is 2. The van der Waals surface area contributed by atoms with Crippen LogP contribution in [0.4, 0.5) is 0 Å². The van der Waals surface area contributed by atoms with Crippen LogP contribution in [0.15, 0.2) is 30.3 Å². The number of methoxy groups -OCH3 is 1. The van der Waals surface area contributed by atoms with Gasteiger partial charge in [0.2, 0.25) is 5.91 Å². The van der Waals surface area contributed by atoms with Crippen LogP contribution in [0.3, 0.4) is 0 Å². The minimum Gasteiger partial charge on any atom is -0.480 e. The van der Waals surface area contributed by atoms with E-state index in [-0.39, 0.29) is 24.9 Å². The summed E-state index contributed by atoms with van der Waals surface area (Å²) in [5.41, 5.74) is 0.870. The van der Waals surface area contributed by atoms with Crippen LogP contribution in [-0.4, -0.2) is 36.7 Å². The summed E-state index contributed by atoms with van der Waals surface area (Å²) in [4.78, 5) is 23.0. The van der Waals surface area contributed by atoms with Crippen molar-refractivity contribution >= 4 is 11.9 Å². The van der Waals surface area contributed by atoms with E-state index in [9.17, 15) is 9.59 Å². The molecule has 1 unspecified atom stereocenters. The van der Waals surface area contributed by atoms with Gasteiger partial charge in [-0.25, -0.2) is 4.79 Å². The normalized spacial score (nSPS) is 13.6. The van der Waals surface area contributed by atoms with Crippen molar-refractivity contribution in [1.29, 1.82) is 0 Å². The molecule has 0 aliphatic rings. The molecule has 0 fully saturated rings.